The summed E-state index contributed by atoms with van der Waals surface area (Å²) < 4.78 is 0. The van der Waals surface area contributed by atoms with Crippen molar-refractivity contribution in [2.75, 3.05) is 42.9 Å². The van der Waals surface area contributed by atoms with E-state index in [0.717, 1.165) is 24.6 Å². The van der Waals surface area contributed by atoms with E-state index in [-0.39, 0.29) is 30.7 Å². The topological polar surface area (TPSA) is 108 Å². The van der Waals surface area contributed by atoms with Gasteiger partial charge in [0, 0.05) is 50.9 Å². The standard InChI is InChI=1S/C24H30N6O3/c1-17-16-20(29-13-5-2-6-14-29)28-24(27-17)26-12-11-25-21(31)10-7-15-30-22(32)18-8-3-4-9-19(18)23(30)33/h3-4,8-9,16H,2,5-7,10-15H2,1H3,(H,25,31)(H,26,27,28). The van der Waals surface area contributed by atoms with Crippen LogP contribution in [-0.4, -0.2) is 65.3 Å². The zero-order chi connectivity index (χ0) is 23.2. The molecule has 9 nitrogen and oxygen atoms in total. The van der Waals surface area contributed by atoms with E-state index in [2.05, 4.69) is 25.5 Å². The van der Waals surface area contributed by atoms with E-state index in [1.807, 2.05) is 13.0 Å². The number of fused-ring (bicyclic) bond motifs is 1. The lowest BCUT2D eigenvalue weighted by molar-refractivity contribution is -0.121. The maximum Gasteiger partial charge on any atom is 0.261 e. The highest BCUT2D eigenvalue weighted by Crippen LogP contribution is 2.22. The zero-order valence-electron chi connectivity index (χ0n) is 19.0. The van der Waals surface area contributed by atoms with Gasteiger partial charge in [0.15, 0.2) is 0 Å². The largest absolute Gasteiger partial charge is 0.356 e. The molecule has 1 saturated heterocycles. The second-order valence-corrected chi connectivity index (χ2v) is 8.43. The summed E-state index contributed by atoms with van der Waals surface area (Å²) in [6, 6.07) is 8.80. The number of hydrogen-bond donors (Lipinski definition) is 2. The average molecular weight is 451 g/mol. The first-order chi connectivity index (χ1) is 16.0. The molecular formula is C24H30N6O3. The van der Waals surface area contributed by atoms with Crippen molar-refractivity contribution >= 4 is 29.5 Å². The molecule has 1 aromatic heterocycles. The molecule has 2 aliphatic heterocycles. The van der Waals surface area contributed by atoms with Gasteiger partial charge in [0.25, 0.3) is 11.8 Å². The molecule has 2 aliphatic rings. The van der Waals surface area contributed by atoms with Crippen LogP contribution < -0.4 is 15.5 Å². The minimum absolute atomic E-state index is 0.118. The normalized spacial score (nSPS) is 15.5. The molecule has 0 spiro atoms. The van der Waals surface area contributed by atoms with Crippen molar-refractivity contribution in [3.05, 3.63) is 47.2 Å². The molecule has 0 bridgehead atoms. The van der Waals surface area contributed by atoms with Gasteiger partial charge in [0.2, 0.25) is 11.9 Å². The first-order valence-electron chi connectivity index (χ1n) is 11.6. The van der Waals surface area contributed by atoms with Gasteiger partial charge >= 0.3 is 0 Å². The van der Waals surface area contributed by atoms with Crippen LogP contribution in [0.1, 0.15) is 58.5 Å². The molecule has 2 N–H and O–H groups in total. The summed E-state index contributed by atoms with van der Waals surface area (Å²) in [5, 5.41) is 6.04. The van der Waals surface area contributed by atoms with E-state index in [9.17, 15) is 14.4 Å². The van der Waals surface area contributed by atoms with Crippen molar-refractivity contribution in [1.29, 1.82) is 0 Å². The van der Waals surface area contributed by atoms with Crippen molar-refractivity contribution in [3.8, 4) is 0 Å². The van der Waals surface area contributed by atoms with Gasteiger partial charge in [-0.1, -0.05) is 12.1 Å². The first kappa shape index (κ1) is 22.7. The minimum Gasteiger partial charge on any atom is -0.356 e. The molecule has 1 fully saturated rings. The molecule has 3 heterocycles. The fraction of sp³-hybridized carbons (Fsp3) is 0.458. The summed E-state index contributed by atoms with van der Waals surface area (Å²) in [6.07, 6.45) is 4.30. The molecule has 33 heavy (non-hydrogen) atoms. The zero-order valence-corrected chi connectivity index (χ0v) is 19.0. The second kappa shape index (κ2) is 10.4. The quantitative estimate of drug-likeness (QED) is 0.446. The molecule has 174 valence electrons. The highest BCUT2D eigenvalue weighted by atomic mass is 16.2. The van der Waals surface area contributed by atoms with Crippen LogP contribution in [0, 0.1) is 6.92 Å². The number of aryl methyl sites for hydroxylation is 1. The summed E-state index contributed by atoms with van der Waals surface area (Å²) in [7, 11) is 0. The van der Waals surface area contributed by atoms with Gasteiger partial charge in [0.1, 0.15) is 5.82 Å². The van der Waals surface area contributed by atoms with Crippen molar-refractivity contribution in [1.82, 2.24) is 20.2 Å². The van der Waals surface area contributed by atoms with Crippen LogP contribution in [0.3, 0.4) is 0 Å². The molecule has 0 radical (unpaired) electrons. The average Bonchev–Trinajstić information content (AvgIpc) is 3.07. The third-order valence-electron chi connectivity index (χ3n) is 5.91. The maximum absolute atomic E-state index is 12.4. The SMILES string of the molecule is Cc1cc(N2CCCCC2)nc(NCCNC(=O)CCCN2C(=O)c3ccccc3C2=O)n1. The Bertz CT molecular complexity index is 1000. The molecule has 0 unspecified atom stereocenters. The van der Waals surface area contributed by atoms with Crippen LogP contribution in [-0.2, 0) is 4.79 Å². The van der Waals surface area contributed by atoms with Crippen LogP contribution in [0.2, 0.25) is 0 Å². The second-order valence-electron chi connectivity index (χ2n) is 8.43. The molecule has 0 atom stereocenters. The third kappa shape index (κ3) is 5.47. The van der Waals surface area contributed by atoms with Crippen LogP contribution in [0.4, 0.5) is 11.8 Å². The number of benzene rings is 1. The van der Waals surface area contributed by atoms with Gasteiger partial charge in [-0.15, -0.1) is 0 Å². The molecule has 3 amide bonds. The molecule has 0 aliphatic carbocycles. The van der Waals surface area contributed by atoms with Crippen LogP contribution in [0.5, 0.6) is 0 Å². The summed E-state index contributed by atoms with van der Waals surface area (Å²) >= 11 is 0. The molecule has 0 saturated carbocycles. The smallest absolute Gasteiger partial charge is 0.261 e. The number of piperidine rings is 1. The molecule has 9 heteroatoms. The van der Waals surface area contributed by atoms with E-state index in [1.54, 1.807) is 24.3 Å². The van der Waals surface area contributed by atoms with Gasteiger partial charge in [-0.3, -0.25) is 19.3 Å². The van der Waals surface area contributed by atoms with Gasteiger partial charge < -0.3 is 15.5 Å². The Hall–Kier alpha value is -3.49. The summed E-state index contributed by atoms with van der Waals surface area (Å²) in [5.41, 5.74) is 1.77. The molecule has 4 rings (SSSR count). The lowest BCUT2D eigenvalue weighted by atomic mass is 10.1. The van der Waals surface area contributed by atoms with E-state index in [1.165, 1.54) is 24.2 Å². The molecule has 2 aromatic rings. The number of carbonyl (C=O) groups is 3. The maximum atomic E-state index is 12.4. The number of imide groups is 1. The van der Waals surface area contributed by atoms with Gasteiger partial charge in [-0.2, -0.15) is 4.98 Å². The number of carbonyl (C=O) groups excluding carboxylic acids is 3. The van der Waals surface area contributed by atoms with E-state index in [4.69, 9.17) is 0 Å². The highest BCUT2D eigenvalue weighted by Gasteiger charge is 2.34. The number of amides is 3. The number of anilines is 2. The van der Waals surface area contributed by atoms with Crippen LogP contribution in [0.25, 0.3) is 0 Å². The number of nitrogens with one attached hydrogen (secondary N) is 2. The fourth-order valence-electron chi connectivity index (χ4n) is 4.22. The summed E-state index contributed by atoms with van der Waals surface area (Å²) in [6.45, 7) is 5.17. The monoisotopic (exact) mass is 450 g/mol. The van der Waals surface area contributed by atoms with Crippen molar-refractivity contribution in [2.24, 2.45) is 0 Å². The number of nitrogens with zero attached hydrogens (tertiary/aromatic N) is 4. The minimum atomic E-state index is -0.290. The Morgan fingerprint density at radius 1 is 1.00 bits per heavy atom. The first-order valence-corrected chi connectivity index (χ1v) is 11.6. The molecular weight excluding hydrogens is 420 g/mol. The van der Waals surface area contributed by atoms with Crippen molar-refractivity contribution in [2.45, 2.75) is 39.0 Å². The predicted octanol–water partition coefficient (Wildman–Crippen LogP) is 2.38. The van der Waals surface area contributed by atoms with Gasteiger partial charge in [-0.05, 0) is 44.7 Å². The Morgan fingerprint density at radius 2 is 1.70 bits per heavy atom. The lowest BCUT2D eigenvalue weighted by Crippen LogP contribution is -2.33. The lowest BCUT2D eigenvalue weighted by Gasteiger charge is -2.28. The predicted molar refractivity (Wildman–Crippen MR) is 125 cm³/mol. The number of aromatic nitrogens is 2. The van der Waals surface area contributed by atoms with E-state index < -0.39 is 0 Å². The third-order valence-corrected chi connectivity index (χ3v) is 5.91. The van der Waals surface area contributed by atoms with Gasteiger partial charge in [-0.25, -0.2) is 4.98 Å². The fourth-order valence-corrected chi connectivity index (χ4v) is 4.22. The van der Waals surface area contributed by atoms with Crippen molar-refractivity contribution in [3.63, 3.8) is 0 Å². The van der Waals surface area contributed by atoms with E-state index in [0.29, 0.717) is 36.6 Å². The van der Waals surface area contributed by atoms with Crippen LogP contribution in [0.15, 0.2) is 30.3 Å². The Labute approximate surface area is 193 Å². The number of rotatable bonds is 9. The Balaban J connectivity index is 1.17. The molecule has 1 aromatic carbocycles. The van der Waals surface area contributed by atoms with E-state index >= 15 is 0 Å². The Morgan fingerprint density at radius 3 is 2.39 bits per heavy atom. The highest BCUT2D eigenvalue weighted by molar-refractivity contribution is 6.21. The van der Waals surface area contributed by atoms with Crippen LogP contribution >= 0.6 is 0 Å². The van der Waals surface area contributed by atoms with Crippen molar-refractivity contribution < 1.29 is 14.4 Å². The summed E-state index contributed by atoms with van der Waals surface area (Å²) in [4.78, 5) is 49.4. The summed E-state index contributed by atoms with van der Waals surface area (Å²) in [5.74, 6) is 0.814. The van der Waals surface area contributed by atoms with Gasteiger partial charge in [0.05, 0.1) is 11.1 Å². The Kier molecular flexibility index (Phi) is 7.16. The number of hydrogen-bond acceptors (Lipinski definition) is 7.